The Kier molecular flexibility index (Phi) is 7.26. The van der Waals surface area contributed by atoms with E-state index in [0.717, 1.165) is 26.1 Å². The maximum atomic E-state index is 11.9. The van der Waals surface area contributed by atoms with Crippen LogP contribution >= 0.6 is 11.6 Å². The van der Waals surface area contributed by atoms with E-state index in [4.69, 9.17) is 11.6 Å². The Morgan fingerprint density at radius 2 is 1.90 bits per heavy atom. The molecule has 0 radical (unpaired) electrons. The van der Waals surface area contributed by atoms with Crippen LogP contribution in [0.1, 0.15) is 26.7 Å². The maximum absolute atomic E-state index is 11.9. The minimum atomic E-state index is -2.98. The summed E-state index contributed by atoms with van der Waals surface area (Å²) in [6.07, 6.45) is 1.39. The molecule has 1 aliphatic heterocycles. The molecule has 0 aromatic carbocycles. The fraction of sp³-hybridized carbons (Fsp3) is 0.923. The van der Waals surface area contributed by atoms with Crippen LogP contribution in [0.4, 0.5) is 0 Å². The standard InChI is InChI=1S/C13H25ClN2O3S/c1-3-15(4-2)7-5-8-16(13(17)10-14)12-6-9-20(18,19)11-12/h12H,3-11H2,1-2H3/t12-/m1/s1. The van der Waals surface area contributed by atoms with E-state index in [-0.39, 0.29) is 29.3 Å². The molecule has 118 valence electrons. The molecule has 0 saturated carbocycles. The number of nitrogens with zero attached hydrogens (tertiary/aromatic N) is 2. The minimum absolute atomic E-state index is 0.0815. The summed E-state index contributed by atoms with van der Waals surface area (Å²) in [4.78, 5) is 15.9. The highest BCUT2D eigenvalue weighted by atomic mass is 35.5. The van der Waals surface area contributed by atoms with E-state index < -0.39 is 9.84 Å². The summed E-state index contributed by atoms with van der Waals surface area (Å²) in [5, 5.41) is 0. The van der Waals surface area contributed by atoms with Crippen molar-refractivity contribution in [2.75, 3.05) is 43.6 Å². The molecule has 1 amide bonds. The van der Waals surface area contributed by atoms with Gasteiger partial charge in [0, 0.05) is 12.6 Å². The maximum Gasteiger partial charge on any atom is 0.237 e. The smallest absolute Gasteiger partial charge is 0.237 e. The molecule has 0 spiro atoms. The Bertz CT molecular complexity index is 410. The van der Waals surface area contributed by atoms with Gasteiger partial charge < -0.3 is 9.80 Å². The predicted octanol–water partition coefficient (Wildman–Crippen LogP) is 0.973. The van der Waals surface area contributed by atoms with Crippen LogP contribution < -0.4 is 0 Å². The van der Waals surface area contributed by atoms with Gasteiger partial charge in [-0.1, -0.05) is 13.8 Å². The summed E-state index contributed by atoms with van der Waals surface area (Å²) < 4.78 is 23.1. The number of sulfone groups is 1. The number of amides is 1. The van der Waals surface area contributed by atoms with Gasteiger partial charge in [0.15, 0.2) is 9.84 Å². The van der Waals surface area contributed by atoms with E-state index in [9.17, 15) is 13.2 Å². The fourth-order valence-electron chi connectivity index (χ4n) is 2.61. The van der Waals surface area contributed by atoms with Gasteiger partial charge in [0.2, 0.25) is 5.91 Å². The number of hydrogen-bond donors (Lipinski definition) is 0. The summed E-state index contributed by atoms with van der Waals surface area (Å²) in [6.45, 7) is 7.68. The Morgan fingerprint density at radius 3 is 2.35 bits per heavy atom. The number of hydrogen-bond acceptors (Lipinski definition) is 4. The third kappa shape index (κ3) is 5.22. The van der Waals surface area contributed by atoms with E-state index in [1.54, 1.807) is 4.90 Å². The summed E-state index contributed by atoms with van der Waals surface area (Å²) >= 11 is 5.64. The number of halogens is 1. The molecule has 1 fully saturated rings. The number of rotatable bonds is 8. The molecule has 5 nitrogen and oxygen atoms in total. The SMILES string of the molecule is CCN(CC)CCCN(C(=O)CCl)[C@@H]1CCS(=O)(=O)C1. The topological polar surface area (TPSA) is 57.7 Å². The van der Waals surface area contributed by atoms with E-state index in [1.807, 2.05) is 0 Å². The summed E-state index contributed by atoms with van der Waals surface area (Å²) in [5.74, 6) is 0.0241. The molecule has 0 unspecified atom stereocenters. The first-order valence-electron chi connectivity index (χ1n) is 7.21. The highest BCUT2D eigenvalue weighted by Crippen LogP contribution is 2.18. The molecule has 0 aliphatic carbocycles. The van der Waals surface area contributed by atoms with Gasteiger partial charge >= 0.3 is 0 Å². The third-order valence-electron chi connectivity index (χ3n) is 3.85. The van der Waals surface area contributed by atoms with Gasteiger partial charge in [-0.3, -0.25) is 4.79 Å². The van der Waals surface area contributed by atoms with Crippen LogP contribution in [0.5, 0.6) is 0 Å². The van der Waals surface area contributed by atoms with Crippen molar-refractivity contribution in [3.05, 3.63) is 0 Å². The van der Waals surface area contributed by atoms with Gasteiger partial charge in [-0.15, -0.1) is 11.6 Å². The average molecular weight is 325 g/mol. The van der Waals surface area contributed by atoms with Gasteiger partial charge in [-0.25, -0.2) is 8.42 Å². The lowest BCUT2D eigenvalue weighted by Crippen LogP contribution is -2.43. The molecule has 0 aromatic rings. The fourth-order valence-corrected chi connectivity index (χ4v) is 4.50. The normalized spacial score (nSPS) is 21.3. The van der Waals surface area contributed by atoms with E-state index in [2.05, 4.69) is 18.7 Å². The van der Waals surface area contributed by atoms with Crippen molar-refractivity contribution in [1.82, 2.24) is 9.80 Å². The second kappa shape index (κ2) is 8.20. The minimum Gasteiger partial charge on any atom is -0.338 e. The van der Waals surface area contributed by atoms with Crippen molar-refractivity contribution < 1.29 is 13.2 Å². The molecule has 1 aliphatic rings. The first-order valence-corrected chi connectivity index (χ1v) is 9.57. The summed E-state index contributed by atoms with van der Waals surface area (Å²) in [7, 11) is -2.98. The summed E-state index contributed by atoms with van der Waals surface area (Å²) in [6, 6.07) is -0.192. The van der Waals surface area contributed by atoms with Crippen LogP contribution in [0, 0.1) is 0 Å². The van der Waals surface area contributed by atoms with Crippen LogP contribution in [-0.4, -0.2) is 73.7 Å². The second-order valence-electron chi connectivity index (χ2n) is 5.16. The largest absolute Gasteiger partial charge is 0.338 e. The molecule has 20 heavy (non-hydrogen) atoms. The molecule has 0 aromatic heterocycles. The third-order valence-corrected chi connectivity index (χ3v) is 5.83. The molecular formula is C13H25ClN2O3S. The number of alkyl halides is 1. The molecule has 0 N–H and O–H groups in total. The van der Waals surface area contributed by atoms with E-state index in [1.165, 1.54) is 0 Å². The van der Waals surface area contributed by atoms with Crippen LogP contribution in [0.2, 0.25) is 0 Å². The Morgan fingerprint density at radius 1 is 1.25 bits per heavy atom. The number of carbonyl (C=O) groups is 1. The zero-order valence-electron chi connectivity index (χ0n) is 12.3. The first-order chi connectivity index (χ1) is 9.43. The molecule has 1 heterocycles. The van der Waals surface area contributed by atoms with Crippen LogP contribution in [0.25, 0.3) is 0 Å². The lowest BCUT2D eigenvalue weighted by atomic mass is 10.2. The van der Waals surface area contributed by atoms with Crippen molar-refractivity contribution in [2.45, 2.75) is 32.7 Å². The van der Waals surface area contributed by atoms with Gasteiger partial charge in [0.05, 0.1) is 11.5 Å². The van der Waals surface area contributed by atoms with Gasteiger partial charge in [0.25, 0.3) is 0 Å². The Labute approximate surface area is 127 Å². The van der Waals surface area contributed by atoms with Gasteiger partial charge in [-0.2, -0.15) is 0 Å². The quantitative estimate of drug-likeness (QED) is 0.624. The number of carbonyl (C=O) groups excluding carboxylic acids is 1. The van der Waals surface area contributed by atoms with E-state index >= 15 is 0 Å². The Hall–Kier alpha value is -0.330. The highest BCUT2D eigenvalue weighted by Gasteiger charge is 2.34. The predicted molar refractivity (Wildman–Crippen MR) is 81.9 cm³/mol. The first kappa shape index (κ1) is 17.7. The molecule has 1 rings (SSSR count). The van der Waals surface area contributed by atoms with Crippen LogP contribution in [0.3, 0.4) is 0 Å². The van der Waals surface area contributed by atoms with Crippen molar-refractivity contribution in [3.8, 4) is 0 Å². The molecular weight excluding hydrogens is 300 g/mol. The van der Waals surface area contributed by atoms with Crippen LogP contribution in [-0.2, 0) is 14.6 Å². The zero-order valence-corrected chi connectivity index (χ0v) is 13.9. The van der Waals surface area contributed by atoms with Crippen molar-refractivity contribution in [3.63, 3.8) is 0 Å². The highest BCUT2D eigenvalue weighted by molar-refractivity contribution is 7.91. The molecule has 1 atom stereocenters. The Balaban J connectivity index is 2.55. The average Bonchev–Trinajstić information content (AvgIpc) is 2.78. The zero-order chi connectivity index (χ0) is 15.2. The van der Waals surface area contributed by atoms with Crippen LogP contribution in [0.15, 0.2) is 0 Å². The molecule has 0 bridgehead atoms. The summed E-state index contributed by atoms with van der Waals surface area (Å²) in [5.41, 5.74) is 0. The monoisotopic (exact) mass is 324 g/mol. The van der Waals surface area contributed by atoms with Crippen molar-refractivity contribution >= 4 is 27.3 Å². The van der Waals surface area contributed by atoms with Crippen molar-refractivity contribution in [2.24, 2.45) is 0 Å². The molecule has 1 saturated heterocycles. The van der Waals surface area contributed by atoms with E-state index in [0.29, 0.717) is 13.0 Å². The van der Waals surface area contributed by atoms with Gasteiger partial charge in [-0.05, 0) is 32.5 Å². The lowest BCUT2D eigenvalue weighted by molar-refractivity contribution is -0.130. The van der Waals surface area contributed by atoms with Crippen molar-refractivity contribution in [1.29, 1.82) is 0 Å². The van der Waals surface area contributed by atoms with Gasteiger partial charge in [0.1, 0.15) is 5.88 Å². The lowest BCUT2D eigenvalue weighted by Gasteiger charge is -2.28. The second-order valence-corrected chi connectivity index (χ2v) is 7.65. The molecule has 7 heteroatoms.